The van der Waals surface area contributed by atoms with Crippen molar-refractivity contribution in [1.82, 2.24) is 19.0 Å². The molecule has 0 radical (unpaired) electrons. The van der Waals surface area contributed by atoms with E-state index in [0.717, 1.165) is 21.1 Å². The van der Waals surface area contributed by atoms with E-state index in [4.69, 9.17) is 0 Å². The van der Waals surface area contributed by atoms with Crippen molar-refractivity contribution in [2.45, 2.75) is 6.54 Å². The highest BCUT2D eigenvalue weighted by molar-refractivity contribution is 7.87. The van der Waals surface area contributed by atoms with Crippen molar-refractivity contribution in [2.24, 2.45) is 0 Å². The van der Waals surface area contributed by atoms with Crippen molar-refractivity contribution in [2.75, 3.05) is 14.1 Å². The minimum absolute atomic E-state index is 0.223. The van der Waals surface area contributed by atoms with Gasteiger partial charge in [-0.15, -0.1) is 0 Å². The Balaban J connectivity index is 2.15. The molecule has 2 rings (SSSR count). The van der Waals surface area contributed by atoms with Crippen LogP contribution in [0, 0.1) is 0 Å². The third kappa shape index (κ3) is 3.60. The average Bonchev–Trinajstić information content (AvgIpc) is 2.46. The van der Waals surface area contributed by atoms with Crippen LogP contribution >= 0.6 is 0 Å². The van der Waals surface area contributed by atoms with E-state index in [1.54, 1.807) is 24.7 Å². The molecule has 0 unspecified atom stereocenters. The molecular weight excluding hydrogens is 276 g/mol. The summed E-state index contributed by atoms with van der Waals surface area (Å²) < 4.78 is 26.9. The summed E-state index contributed by atoms with van der Waals surface area (Å²) >= 11 is 0. The second kappa shape index (κ2) is 6.08. The van der Waals surface area contributed by atoms with E-state index < -0.39 is 10.2 Å². The molecule has 2 aromatic rings. The molecular formula is C13H16N4O2S. The molecule has 0 aliphatic heterocycles. The van der Waals surface area contributed by atoms with Crippen LogP contribution in [0.2, 0.25) is 0 Å². The molecule has 0 aliphatic carbocycles. The van der Waals surface area contributed by atoms with E-state index in [9.17, 15) is 8.42 Å². The highest BCUT2D eigenvalue weighted by Gasteiger charge is 2.12. The molecule has 0 fully saturated rings. The fraction of sp³-hybridized carbons (Fsp3) is 0.231. The number of hydrogen-bond donors (Lipinski definition) is 1. The Morgan fingerprint density at radius 1 is 1.15 bits per heavy atom. The van der Waals surface area contributed by atoms with E-state index in [2.05, 4.69) is 14.7 Å². The number of nitrogens with one attached hydrogen (secondary N) is 1. The summed E-state index contributed by atoms with van der Waals surface area (Å²) in [6.45, 7) is 0.223. The van der Waals surface area contributed by atoms with Crippen LogP contribution in [0.25, 0.3) is 11.3 Å². The number of hydrogen-bond acceptors (Lipinski definition) is 4. The summed E-state index contributed by atoms with van der Waals surface area (Å²) in [5, 5.41) is 0. The Bertz CT molecular complexity index is 672. The first-order valence-electron chi connectivity index (χ1n) is 6.01. The highest BCUT2D eigenvalue weighted by atomic mass is 32.2. The maximum atomic E-state index is 11.6. The third-order valence-corrected chi connectivity index (χ3v) is 4.21. The van der Waals surface area contributed by atoms with Crippen LogP contribution in [-0.2, 0) is 16.8 Å². The molecule has 106 valence electrons. The predicted molar refractivity (Wildman–Crippen MR) is 76.9 cm³/mol. The fourth-order valence-corrected chi connectivity index (χ4v) is 2.18. The summed E-state index contributed by atoms with van der Waals surface area (Å²) in [4.78, 5) is 8.23. The van der Waals surface area contributed by atoms with Crippen molar-refractivity contribution in [1.29, 1.82) is 0 Å². The smallest absolute Gasteiger partial charge is 0.265 e. The molecule has 6 nitrogen and oxygen atoms in total. The van der Waals surface area contributed by atoms with Gasteiger partial charge >= 0.3 is 0 Å². The summed E-state index contributed by atoms with van der Waals surface area (Å²) in [5.74, 6) is 0. The molecule has 7 heteroatoms. The minimum Gasteiger partial charge on any atom is -0.265 e. The molecule has 0 spiro atoms. The van der Waals surface area contributed by atoms with Gasteiger partial charge < -0.3 is 0 Å². The third-order valence-electron chi connectivity index (χ3n) is 2.74. The van der Waals surface area contributed by atoms with Crippen LogP contribution in [0.5, 0.6) is 0 Å². The standard InChI is InChI=1S/C13H16N4O2S/c1-17(2)20(18,19)16-10-11-3-8-15-13(9-11)12-4-6-14-7-5-12/h3-9,16H,10H2,1-2H3. The SMILES string of the molecule is CN(C)S(=O)(=O)NCc1ccnc(-c2ccncc2)c1. The quantitative estimate of drug-likeness (QED) is 0.893. The number of nitrogens with zero attached hydrogens (tertiary/aromatic N) is 3. The van der Waals surface area contributed by atoms with E-state index >= 15 is 0 Å². The molecule has 0 aromatic carbocycles. The molecule has 0 atom stereocenters. The summed E-state index contributed by atoms with van der Waals surface area (Å²) in [6, 6.07) is 7.35. The zero-order chi connectivity index (χ0) is 14.6. The summed E-state index contributed by atoms with van der Waals surface area (Å²) in [7, 11) is -0.454. The summed E-state index contributed by atoms with van der Waals surface area (Å²) in [5.41, 5.74) is 2.57. The molecule has 0 saturated heterocycles. The molecule has 0 saturated carbocycles. The Labute approximate surface area is 118 Å². The molecule has 20 heavy (non-hydrogen) atoms. The topological polar surface area (TPSA) is 75.2 Å². The second-order valence-electron chi connectivity index (χ2n) is 4.39. The van der Waals surface area contributed by atoms with Gasteiger partial charge in [-0.3, -0.25) is 9.97 Å². The normalized spacial score (nSPS) is 11.8. The van der Waals surface area contributed by atoms with Crippen LogP contribution in [0.1, 0.15) is 5.56 Å². The van der Waals surface area contributed by atoms with Crippen molar-refractivity contribution >= 4 is 10.2 Å². The minimum atomic E-state index is -3.42. The maximum absolute atomic E-state index is 11.6. The lowest BCUT2D eigenvalue weighted by Gasteiger charge is -2.12. The Kier molecular flexibility index (Phi) is 4.43. The van der Waals surface area contributed by atoms with Crippen molar-refractivity contribution in [3.05, 3.63) is 48.4 Å². The molecule has 2 heterocycles. The fourth-order valence-electron chi connectivity index (χ4n) is 1.57. The monoisotopic (exact) mass is 292 g/mol. The van der Waals surface area contributed by atoms with Gasteiger partial charge in [0.2, 0.25) is 0 Å². The van der Waals surface area contributed by atoms with Crippen LogP contribution < -0.4 is 4.72 Å². The van der Waals surface area contributed by atoms with Gasteiger partial charge in [-0.1, -0.05) is 0 Å². The van der Waals surface area contributed by atoms with Crippen molar-refractivity contribution in [3.63, 3.8) is 0 Å². The lowest BCUT2D eigenvalue weighted by molar-refractivity contribution is 0.505. The largest absolute Gasteiger partial charge is 0.279 e. The van der Waals surface area contributed by atoms with Gasteiger partial charge in [0.25, 0.3) is 10.2 Å². The van der Waals surface area contributed by atoms with Gasteiger partial charge in [0.15, 0.2) is 0 Å². The van der Waals surface area contributed by atoms with Crippen molar-refractivity contribution in [3.8, 4) is 11.3 Å². The first-order chi connectivity index (χ1) is 9.49. The van der Waals surface area contributed by atoms with Crippen LogP contribution in [0.4, 0.5) is 0 Å². The van der Waals surface area contributed by atoms with Crippen molar-refractivity contribution < 1.29 is 8.42 Å². The summed E-state index contributed by atoms with van der Waals surface area (Å²) in [6.07, 6.45) is 5.05. The van der Waals surface area contributed by atoms with E-state index in [1.165, 1.54) is 14.1 Å². The molecule has 0 aliphatic rings. The first-order valence-corrected chi connectivity index (χ1v) is 7.45. The number of pyridine rings is 2. The Morgan fingerprint density at radius 2 is 1.85 bits per heavy atom. The van der Waals surface area contributed by atoms with Gasteiger partial charge in [0.05, 0.1) is 5.69 Å². The highest BCUT2D eigenvalue weighted by Crippen LogP contribution is 2.16. The molecule has 0 amide bonds. The first kappa shape index (κ1) is 14.6. The van der Waals surface area contributed by atoms with Gasteiger partial charge in [-0.25, -0.2) is 0 Å². The zero-order valence-corrected chi connectivity index (χ0v) is 12.1. The second-order valence-corrected chi connectivity index (χ2v) is 6.36. The van der Waals surface area contributed by atoms with E-state index in [1.807, 2.05) is 18.2 Å². The van der Waals surface area contributed by atoms with Gasteiger partial charge in [0, 0.05) is 44.8 Å². The van der Waals surface area contributed by atoms with Crippen LogP contribution in [-0.4, -0.2) is 36.8 Å². The number of rotatable bonds is 5. The van der Waals surface area contributed by atoms with E-state index in [-0.39, 0.29) is 6.54 Å². The van der Waals surface area contributed by atoms with E-state index in [0.29, 0.717) is 0 Å². The maximum Gasteiger partial charge on any atom is 0.279 e. The lowest BCUT2D eigenvalue weighted by atomic mass is 10.1. The predicted octanol–water partition coefficient (Wildman–Crippen LogP) is 1.04. The molecule has 0 bridgehead atoms. The van der Waals surface area contributed by atoms with Crippen LogP contribution in [0.15, 0.2) is 42.9 Å². The molecule has 2 aromatic heterocycles. The zero-order valence-electron chi connectivity index (χ0n) is 11.3. The van der Waals surface area contributed by atoms with Gasteiger partial charge in [-0.05, 0) is 29.8 Å². The average molecular weight is 292 g/mol. The van der Waals surface area contributed by atoms with Gasteiger partial charge in [-0.2, -0.15) is 17.4 Å². The Hall–Kier alpha value is -1.83. The number of aromatic nitrogens is 2. The molecule has 1 N–H and O–H groups in total. The van der Waals surface area contributed by atoms with Gasteiger partial charge in [0.1, 0.15) is 0 Å². The lowest BCUT2D eigenvalue weighted by Crippen LogP contribution is -2.35. The Morgan fingerprint density at radius 3 is 2.50 bits per heavy atom. The van der Waals surface area contributed by atoms with Crippen LogP contribution in [0.3, 0.4) is 0 Å².